The van der Waals surface area contributed by atoms with Crippen LogP contribution in [0.3, 0.4) is 0 Å². The van der Waals surface area contributed by atoms with Crippen molar-refractivity contribution < 1.29 is 23.8 Å². The van der Waals surface area contributed by atoms with E-state index in [1.165, 1.54) is 47.4 Å². The van der Waals surface area contributed by atoms with Crippen LogP contribution in [0.2, 0.25) is 0 Å². The molecule has 8 nitrogen and oxygen atoms in total. The van der Waals surface area contributed by atoms with Gasteiger partial charge in [-0.05, 0) is 35.4 Å². The topological polar surface area (TPSA) is 106 Å². The molecule has 1 unspecified atom stereocenters. The zero-order valence-electron chi connectivity index (χ0n) is 18.5. The number of rotatable bonds is 8. The molecule has 0 spiro atoms. The maximum absolute atomic E-state index is 13.3. The van der Waals surface area contributed by atoms with Crippen LogP contribution in [0.15, 0.2) is 93.1 Å². The summed E-state index contributed by atoms with van der Waals surface area (Å²) in [7, 11) is 1.53. The molecule has 10 heteroatoms. The number of furan rings is 1. The van der Waals surface area contributed by atoms with E-state index in [4.69, 9.17) is 9.15 Å². The summed E-state index contributed by atoms with van der Waals surface area (Å²) in [5.41, 5.74) is 1.61. The van der Waals surface area contributed by atoms with Gasteiger partial charge < -0.3 is 14.3 Å². The van der Waals surface area contributed by atoms with E-state index in [2.05, 4.69) is 10.2 Å². The molecule has 0 radical (unpaired) electrons. The van der Waals surface area contributed by atoms with E-state index in [-0.39, 0.29) is 16.5 Å². The summed E-state index contributed by atoms with van der Waals surface area (Å²) in [5, 5.41) is 19.5. The molecule has 1 atom stereocenters. The number of ether oxygens (including phenoxy) is 1. The van der Waals surface area contributed by atoms with Crippen molar-refractivity contribution in [3.05, 3.63) is 101 Å². The lowest BCUT2D eigenvalue weighted by molar-refractivity contribution is -0.117. The minimum absolute atomic E-state index is 0.0189. The van der Waals surface area contributed by atoms with Gasteiger partial charge in [-0.15, -0.1) is 10.2 Å². The molecule has 5 rings (SSSR count). The maximum atomic E-state index is 13.3. The van der Waals surface area contributed by atoms with Gasteiger partial charge in [0, 0.05) is 5.75 Å². The van der Waals surface area contributed by atoms with Crippen LogP contribution < -0.4 is 9.64 Å². The average Bonchev–Trinajstić information content (AvgIpc) is 3.64. The lowest BCUT2D eigenvalue weighted by Gasteiger charge is -2.24. The van der Waals surface area contributed by atoms with Crippen LogP contribution in [0, 0.1) is 0 Å². The van der Waals surface area contributed by atoms with Crippen LogP contribution in [-0.4, -0.2) is 34.1 Å². The highest BCUT2D eigenvalue weighted by Crippen LogP contribution is 2.44. The van der Waals surface area contributed by atoms with Crippen molar-refractivity contribution in [3.63, 3.8) is 0 Å². The lowest BCUT2D eigenvalue weighted by atomic mass is 9.95. The highest BCUT2D eigenvalue weighted by Gasteiger charge is 2.46. The number of aromatic nitrogens is 2. The third-order valence-corrected chi connectivity index (χ3v) is 7.54. The Labute approximate surface area is 208 Å². The smallest absolute Gasteiger partial charge is 0.296 e. The molecule has 1 aliphatic rings. The van der Waals surface area contributed by atoms with Crippen LogP contribution in [-0.2, 0) is 10.5 Å². The van der Waals surface area contributed by atoms with Crippen LogP contribution >= 0.6 is 23.1 Å². The third kappa shape index (κ3) is 4.45. The molecule has 2 aromatic heterocycles. The van der Waals surface area contributed by atoms with E-state index in [1.54, 1.807) is 30.3 Å². The minimum Gasteiger partial charge on any atom is -0.503 e. The minimum atomic E-state index is -0.935. The molecule has 176 valence electrons. The standard InChI is InChI=1S/C25H19N3O5S2/c1-32-17-10-5-9-16(13-17)20-19(21(29)18-11-6-12-33-18)22(30)23(31)28(20)24-26-27-25(35-24)34-14-15-7-3-2-4-8-15/h2-13,20,30H,14H2,1H3. The zero-order chi connectivity index (χ0) is 24.4. The van der Waals surface area contributed by atoms with Gasteiger partial charge in [0.05, 0.1) is 25.0 Å². The van der Waals surface area contributed by atoms with E-state index >= 15 is 0 Å². The Hall–Kier alpha value is -3.89. The third-order valence-electron chi connectivity index (χ3n) is 5.41. The SMILES string of the molecule is COc1cccc(C2C(C(=O)c3ccco3)=C(O)C(=O)N2c2nnc(SCc3ccccc3)s2)c1. The number of ketones is 1. The molecule has 35 heavy (non-hydrogen) atoms. The monoisotopic (exact) mass is 505 g/mol. The number of benzene rings is 2. The Morgan fingerprint density at radius 2 is 1.97 bits per heavy atom. The van der Waals surface area contributed by atoms with E-state index in [1.807, 2.05) is 30.3 Å². The lowest BCUT2D eigenvalue weighted by Crippen LogP contribution is -2.31. The van der Waals surface area contributed by atoms with Gasteiger partial charge in [-0.25, -0.2) is 0 Å². The van der Waals surface area contributed by atoms with Crippen molar-refractivity contribution in [2.24, 2.45) is 0 Å². The van der Waals surface area contributed by atoms with Crippen molar-refractivity contribution in [2.45, 2.75) is 16.1 Å². The summed E-state index contributed by atoms with van der Waals surface area (Å²) < 4.78 is 11.3. The first kappa shape index (κ1) is 22.9. The van der Waals surface area contributed by atoms with Gasteiger partial charge in [-0.3, -0.25) is 14.5 Å². The van der Waals surface area contributed by atoms with E-state index in [0.717, 1.165) is 5.56 Å². The highest BCUT2D eigenvalue weighted by atomic mass is 32.2. The second kappa shape index (κ2) is 9.77. The van der Waals surface area contributed by atoms with Crippen molar-refractivity contribution >= 4 is 39.9 Å². The number of hydrogen-bond donors (Lipinski definition) is 1. The number of aliphatic hydroxyl groups excluding tert-OH is 1. The molecule has 1 amide bonds. The number of carbonyl (C=O) groups is 2. The fourth-order valence-corrected chi connectivity index (χ4v) is 5.60. The first-order valence-corrected chi connectivity index (χ1v) is 12.4. The molecule has 4 aromatic rings. The predicted octanol–water partition coefficient (Wildman–Crippen LogP) is 5.21. The molecule has 1 aliphatic heterocycles. The number of aliphatic hydroxyl groups is 1. The fraction of sp³-hybridized carbons (Fsp3) is 0.120. The quantitative estimate of drug-likeness (QED) is 0.198. The van der Waals surface area contributed by atoms with Gasteiger partial charge in [-0.2, -0.15) is 0 Å². The summed E-state index contributed by atoms with van der Waals surface area (Å²) >= 11 is 2.71. The number of amides is 1. The van der Waals surface area contributed by atoms with Gasteiger partial charge in [0.25, 0.3) is 5.91 Å². The molecular formula is C25H19N3O5S2. The highest BCUT2D eigenvalue weighted by molar-refractivity contribution is 8.00. The number of thioether (sulfide) groups is 1. The number of carbonyl (C=O) groups excluding carboxylic acids is 2. The van der Waals surface area contributed by atoms with Gasteiger partial charge >= 0.3 is 0 Å². The Morgan fingerprint density at radius 1 is 1.14 bits per heavy atom. The normalized spacial score (nSPS) is 15.6. The number of hydrogen-bond acceptors (Lipinski definition) is 9. The second-order valence-electron chi connectivity index (χ2n) is 7.55. The van der Waals surface area contributed by atoms with Gasteiger partial charge in [0.1, 0.15) is 5.75 Å². The summed E-state index contributed by atoms with van der Waals surface area (Å²) in [5.74, 6) is -0.710. The Balaban J connectivity index is 1.51. The van der Waals surface area contributed by atoms with Crippen LogP contribution in [0.25, 0.3) is 0 Å². The van der Waals surface area contributed by atoms with E-state index in [0.29, 0.717) is 21.4 Å². The van der Waals surface area contributed by atoms with Crippen LogP contribution in [0.5, 0.6) is 5.75 Å². The van der Waals surface area contributed by atoms with Crippen molar-refractivity contribution in [3.8, 4) is 5.75 Å². The molecule has 1 N–H and O–H groups in total. The number of anilines is 1. The Kier molecular flexibility index (Phi) is 6.39. The van der Waals surface area contributed by atoms with Gasteiger partial charge in [-0.1, -0.05) is 65.6 Å². The van der Waals surface area contributed by atoms with Crippen LogP contribution in [0.4, 0.5) is 5.13 Å². The van der Waals surface area contributed by atoms with Gasteiger partial charge in [0.2, 0.25) is 10.9 Å². The van der Waals surface area contributed by atoms with Gasteiger partial charge in [0.15, 0.2) is 15.9 Å². The molecule has 0 aliphatic carbocycles. The first-order valence-electron chi connectivity index (χ1n) is 10.6. The molecule has 0 fully saturated rings. The number of nitrogens with zero attached hydrogens (tertiary/aromatic N) is 3. The molecule has 0 bridgehead atoms. The second-order valence-corrected chi connectivity index (χ2v) is 9.73. The van der Waals surface area contributed by atoms with E-state index in [9.17, 15) is 14.7 Å². The first-order chi connectivity index (χ1) is 17.1. The molecular weight excluding hydrogens is 486 g/mol. The summed E-state index contributed by atoms with van der Waals surface area (Å²) in [6.07, 6.45) is 1.36. The van der Waals surface area contributed by atoms with Crippen LogP contribution in [0.1, 0.15) is 27.7 Å². The predicted molar refractivity (Wildman–Crippen MR) is 132 cm³/mol. The maximum Gasteiger partial charge on any atom is 0.296 e. The zero-order valence-corrected chi connectivity index (χ0v) is 20.1. The van der Waals surface area contributed by atoms with E-state index < -0.39 is 23.5 Å². The molecule has 3 heterocycles. The molecule has 0 saturated heterocycles. The van der Waals surface area contributed by atoms with Crippen molar-refractivity contribution in [2.75, 3.05) is 12.0 Å². The Bertz CT molecular complexity index is 1400. The Morgan fingerprint density at radius 3 is 2.71 bits per heavy atom. The fourth-order valence-electron chi connectivity index (χ4n) is 3.78. The molecule has 2 aromatic carbocycles. The largest absolute Gasteiger partial charge is 0.503 e. The number of methoxy groups -OCH3 is 1. The number of Topliss-reactive ketones (excluding diaryl/α,β-unsaturated/α-hetero) is 1. The molecule has 0 saturated carbocycles. The average molecular weight is 506 g/mol. The van der Waals surface area contributed by atoms with Crippen molar-refractivity contribution in [1.29, 1.82) is 0 Å². The summed E-state index contributed by atoms with van der Waals surface area (Å²) in [6, 6.07) is 19.0. The summed E-state index contributed by atoms with van der Waals surface area (Å²) in [4.78, 5) is 27.8. The van der Waals surface area contributed by atoms with Crippen molar-refractivity contribution in [1.82, 2.24) is 10.2 Å². The summed E-state index contributed by atoms with van der Waals surface area (Å²) in [6.45, 7) is 0.